The molecule has 1 atom stereocenters. The summed E-state index contributed by atoms with van der Waals surface area (Å²) in [5, 5.41) is 11.4. The summed E-state index contributed by atoms with van der Waals surface area (Å²) in [6, 6.07) is 15.8. The predicted octanol–water partition coefficient (Wildman–Crippen LogP) is 5.41. The largest absolute Gasteiger partial charge is 0.507 e. The highest BCUT2D eigenvalue weighted by atomic mass is 16.5. The van der Waals surface area contributed by atoms with E-state index in [1.165, 1.54) is 24.2 Å². The highest BCUT2D eigenvalue weighted by Crippen LogP contribution is 2.42. The van der Waals surface area contributed by atoms with Gasteiger partial charge in [-0.15, -0.1) is 0 Å². The molecule has 190 valence electrons. The lowest BCUT2D eigenvalue weighted by Gasteiger charge is -2.30. The number of pyridine rings is 1. The molecule has 3 heterocycles. The van der Waals surface area contributed by atoms with Crippen molar-refractivity contribution in [1.29, 1.82) is 0 Å². The van der Waals surface area contributed by atoms with Crippen LogP contribution in [-0.4, -0.2) is 41.5 Å². The summed E-state index contributed by atoms with van der Waals surface area (Å²) in [6.07, 6.45) is 6.83. The number of rotatable bonds is 6. The number of ketones is 1. The van der Waals surface area contributed by atoms with Crippen LogP contribution >= 0.6 is 0 Å². The van der Waals surface area contributed by atoms with E-state index in [4.69, 9.17) is 4.74 Å². The minimum atomic E-state index is -0.782. The lowest BCUT2D eigenvalue weighted by atomic mass is 9.95. The molecule has 37 heavy (non-hydrogen) atoms. The molecule has 7 nitrogen and oxygen atoms in total. The van der Waals surface area contributed by atoms with E-state index in [0.29, 0.717) is 29.2 Å². The molecule has 1 N–H and O–H groups in total. The molecular weight excluding hydrogens is 466 g/mol. The molecule has 5 rings (SSSR count). The second kappa shape index (κ2) is 10.5. The van der Waals surface area contributed by atoms with E-state index in [1.807, 2.05) is 38.1 Å². The number of aryl methyl sites for hydroxylation is 1. The molecule has 3 aromatic rings. The van der Waals surface area contributed by atoms with Gasteiger partial charge in [-0.25, -0.2) is 0 Å². The van der Waals surface area contributed by atoms with E-state index in [1.54, 1.807) is 42.7 Å². The van der Waals surface area contributed by atoms with Crippen LogP contribution in [0.15, 0.2) is 72.6 Å². The summed E-state index contributed by atoms with van der Waals surface area (Å²) in [4.78, 5) is 34.7. The molecule has 2 aliphatic rings. The standard InChI is InChI=1S/C30H31N3O4/c1-3-37-25-12-7-22(19-20(25)2)28(34)26-27(21-13-15-31-16-14-21)33(30(36)29(26)35)24-10-8-23(9-11-24)32-17-5-4-6-18-32/h7-16,19,27,34H,3-6,17-18H2,1-2H3/b28-26-. The van der Waals surface area contributed by atoms with Gasteiger partial charge >= 0.3 is 0 Å². The number of carbonyl (C=O) groups excluding carboxylic acids is 2. The number of anilines is 2. The van der Waals surface area contributed by atoms with Crippen molar-refractivity contribution < 1.29 is 19.4 Å². The number of hydrogen-bond donors (Lipinski definition) is 1. The van der Waals surface area contributed by atoms with Crippen LogP contribution in [0.3, 0.4) is 0 Å². The molecule has 0 spiro atoms. The highest BCUT2D eigenvalue weighted by Gasteiger charge is 2.47. The van der Waals surface area contributed by atoms with Crippen LogP contribution in [0.5, 0.6) is 5.75 Å². The number of carbonyl (C=O) groups is 2. The van der Waals surface area contributed by atoms with Crippen molar-refractivity contribution in [2.45, 2.75) is 39.2 Å². The van der Waals surface area contributed by atoms with Crippen molar-refractivity contribution in [3.63, 3.8) is 0 Å². The summed E-state index contributed by atoms with van der Waals surface area (Å²) >= 11 is 0. The first-order valence-corrected chi connectivity index (χ1v) is 12.8. The highest BCUT2D eigenvalue weighted by molar-refractivity contribution is 6.51. The normalized spacial score (nSPS) is 19.4. The average molecular weight is 498 g/mol. The third kappa shape index (κ3) is 4.69. The molecular formula is C30H31N3O4. The summed E-state index contributed by atoms with van der Waals surface area (Å²) in [5.41, 5.74) is 3.74. The average Bonchev–Trinajstić information content (AvgIpc) is 3.20. The van der Waals surface area contributed by atoms with E-state index in [9.17, 15) is 14.7 Å². The number of aromatic nitrogens is 1. The summed E-state index contributed by atoms with van der Waals surface area (Å²) < 4.78 is 5.62. The number of benzene rings is 2. The lowest BCUT2D eigenvalue weighted by molar-refractivity contribution is -0.132. The fourth-order valence-electron chi connectivity index (χ4n) is 5.21. The molecule has 1 unspecified atom stereocenters. The number of nitrogens with zero attached hydrogens (tertiary/aromatic N) is 3. The molecule has 0 bridgehead atoms. The van der Waals surface area contributed by atoms with Gasteiger partial charge in [0, 0.05) is 42.4 Å². The Kier molecular flexibility index (Phi) is 6.95. The number of piperidine rings is 1. The van der Waals surface area contributed by atoms with Gasteiger partial charge in [0.1, 0.15) is 11.5 Å². The van der Waals surface area contributed by atoms with Gasteiger partial charge in [-0.1, -0.05) is 0 Å². The van der Waals surface area contributed by atoms with E-state index in [0.717, 1.165) is 24.3 Å². The van der Waals surface area contributed by atoms with E-state index in [-0.39, 0.29) is 11.3 Å². The van der Waals surface area contributed by atoms with Gasteiger partial charge in [0.25, 0.3) is 11.7 Å². The molecule has 2 aromatic carbocycles. The number of aliphatic hydroxyl groups is 1. The zero-order chi connectivity index (χ0) is 25.9. The van der Waals surface area contributed by atoms with Gasteiger partial charge in [0.2, 0.25) is 0 Å². The van der Waals surface area contributed by atoms with Crippen LogP contribution in [0, 0.1) is 6.92 Å². The monoisotopic (exact) mass is 497 g/mol. The van der Waals surface area contributed by atoms with Crippen molar-refractivity contribution in [2.75, 3.05) is 29.5 Å². The first-order valence-electron chi connectivity index (χ1n) is 12.8. The lowest BCUT2D eigenvalue weighted by Crippen LogP contribution is -2.30. The van der Waals surface area contributed by atoms with E-state index < -0.39 is 17.7 Å². The van der Waals surface area contributed by atoms with E-state index in [2.05, 4.69) is 9.88 Å². The zero-order valence-corrected chi connectivity index (χ0v) is 21.2. The smallest absolute Gasteiger partial charge is 0.300 e. The second-order valence-corrected chi connectivity index (χ2v) is 9.43. The summed E-state index contributed by atoms with van der Waals surface area (Å²) in [6.45, 7) is 6.34. The summed E-state index contributed by atoms with van der Waals surface area (Å²) in [5.74, 6) is -0.888. The van der Waals surface area contributed by atoms with E-state index >= 15 is 0 Å². The Hall–Kier alpha value is -4.13. The Balaban J connectivity index is 1.58. The summed E-state index contributed by atoms with van der Waals surface area (Å²) in [7, 11) is 0. The molecule has 1 aromatic heterocycles. The minimum Gasteiger partial charge on any atom is -0.507 e. The van der Waals surface area contributed by atoms with Gasteiger partial charge in [0.05, 0.1) is 18.2 Å². The quantitative estimate of drug-likeness (QED) is 0.279. The van der Waals surface area contributed by atoms with Crippen molar-refractivity contribution >= 4 is 28.8 Å². The van der Waals surface area contributed by atoms with Crippen molar-refractivity contribution in [3.05, 3.63) is 89.3 Å². The molecule has 1 amide bonds. The molecule has 2 aliphatic heterocycles. The van der Waals surface area contributed by atoms with Gasteiger partial charge in [0.15, 0.2) is 0 Å². The van der Waals surface area contributed by atoms with Gasteiger partial charge in [-0.3, -0.25) is 19.5 Å². The van der Waals surface area contributed by atoms with Gasteiger partial charge in [-0.05, 0) is 98.8 Å². The number of aliphatic hydroxyl groups excluding tert-OH is 1. The maximum atomic E-state index is 13.4. The SMILES string of the molecule is CCOc1ccc(/C(O)=C2/C(=O)C(=O)N(c3ccc(N4CCCCC4)cc3)C2c2ccncc2)cc1C. The Bertz CT molecular complexity index is 1330. The Labute approximate surface area is 217 Å². The number of hydrogen-bond acceptors (Lipinski definition) is 6. The molecule has 2 saturated heterocycles. The topological polar surface area (TPSA) is 83.0 Å². The fraction of sp³-hybridized carbons (Fsp3) is 0.300. The van der Waals surface area contributed by atoms with Crippen LogP contribution in [0.1, 0.15) is 48.9 Å². The molecule has 7 heteroatoms. The van der Waals surface area contributed by atoms with Crippen LogP contribution in [0.4, 0.5) is 11.4 Å². The van der Waals surface area contributed by atoms with Gasteiger partial charge in [-0.2, -0.15) is 0 Å². The fourth-order valence-corrected chi connectivity index (χ4v) is 5.21. The Morgan fingerprint density at radius 1 is 0.973 bits per heavy atom. The van der Waals surface area contributed by atoms with Crippen molar-refractivity contribution in [1.82, 2.24) is 4.98 Å². The van der Waals surface area contributed by atoms with Crippen LogP contribution < -0.4 is 14.5 Å². The third-order valence-electron chi connectivity index (χ3n) is 7.06. The maximum Gasteiger partial charge on any atom is 0.300 e. The Morgan fingerprint density at radius 3 is 2.30 bits per heavy atom. The number of ether oxygens (including phenoxy) is 1. The van der Waals surface area contributed by atoms with Crippen LogP contribution in [0.25, 0.3) is 5.76 Å². The second-order valence-electron chi connectivity index (χ2n) is 9.43. The number of Topliss-reactive ketones (excluding diaryl/α,β-unsaturated/α-hetero) is 1. The molecule has 0 radical (unpaired) electrons. The first-order chi connectivity index (χ1) is 18.0. The van der Waals surface area contributed by atoms with Crippen molar-refractivity contribution in [2.24, 2.45) is 0 Å². The van der Waals surface area contributed by atoms with Crippen LogP contribution in [-0.2, 0) is 9.59 Å². The van der Waals surface area contributed by atoms with Crippen LogP contribution in [0.2, 0.25) is 0 Å². The minimum absolute atomic E-state index is 0.0554. The molecule has 2 fully saturated rings. The van der Waals surface area contributed by atoms with Crippen molar-refractivity contribution in [3.8, 4) is 5.75 Å². The number of amides is 1. The predicted molar refractivity (Wildman–Crippen MR) is 144 cm³/mol. The molecule has 0 saturated carbocycles. The first kappa shape index (κ1) is 24.6. The zero-order valence-electron chi connectivity index (χ0n) is 21.2. The van der Waals surface area contributed by atoms with Gasteiger partial charge < -0.3 is 14.7 Å². The Morgan fingerprint density at radius 2 is 1.65 bits per heavy atom. The maximum absolute atomic E-state index is 13.4. The molecule has 0 aliphatic carbocycles. The third-order valence-corrected chi connectivity index (χ3v) is 7.06.